The fraction of sp³-hybridized carbons (Fsp3) is 0.200. The van der Waals surface area contributed by atoms with E-state index in [1.165, 1.54) is 0 Å². The van der Waals surface area contributed by atoms with Crippen LogP contribution in [0.25, 0.3) is 22.0 Å². The first kappa shape index (κ1) is 16.2. The highest BCUT2D eigenvalue weighted by molar-refractivity contribution is 5.99. The van der Waals surface area contributed by atoms with Crippen molar-refractivity contribution in [3.8, 4) is 5.75 Å². The molecule has 132 valence electrons. The smallest absolute Gasteiger partial charge is 0.287 e. The lowest BCUT2D eigenvalue weighted by atomic mass is 10.1. The van der Waals surface area contributed by atoms with E-state index in [2.05, 4.69) is 15.3 Å². The van der Waals surface area contributed by atoms with Crippen LogP contribution in [0, 0.1) is 6.92 Å². The van der Waals surface area contributed by atoms with Gasteiger partial charge in [0, 0.05) is 30.0 Å². The maximum Gasteiger partial charge on any atom is 0.287 e. The Morgan fingerprint density at radius 1 is 1.27 bits per heavy atom. The molecule has 0 radical (unpaired) electrons. The molecule has 6 heteroatoms. The van der Waals surface area contributed by atoms with Crippen molar-refractivity contribution in [2.24, 2.45) is 0 Å². The normalized spacial score (nSPS) is 11.2. The molecule has 0 spiro atoms. The average Bonchev–Trinajstić information content (AvgIpc) is 3.22. The summed E-state index contributed by atoms with van der Waals surface area (Å²) in [5.74, 6) is 1.65. The summed E-state index contributed by atoms with van der Waals surface area (Å²) in [6, 6.07) is 13.4. The van der Waals surface area contributed by atoms with Gasteiger partial charge in [0.1, 0.15) is 17.2 Å². The Balaban J connectivity index is 1.46. The van der Waals surface area contributed by atoms with Crippen LogP contribution in [0.2, 0.25) is 0 Å². The second-order valence-corrected chi connectivity index (χ2v) is 6.12. The molecule has 0 aliphatic rings. The molecule has 0 saturated heterocycles. The molecule has 0 aliphatic heterocycles. The number of rotatable bonds is 5. The number of nitrogens with one attached hydrogen (secondary N) is 2. The van der Waals surface area contributed by atoms with E-state index in [0.29, 0.717) is 30.1 Å². The molecule has 2 heterocycles. The summed E-state index contributed by atoms with van der Waals surface area (Å²) < 4.78 is 10.9. The molecule has 0 bridgehead atoms. The minimum absolute atomic E-state index is 0.228. The molecule has 2 aromatic carbocycles. The maximum absolute atomic E-state index is 12.5. The highest BCUT2D eigenvalue weighted by Crippen LogP contribution is 2.28. The van der Waals surface area contributed by atoms with Crippen LogP contribution in [-0.2, 0) is 6.42 Å². The number of benzene rings is 2. The van der Waals surface area contributed by atoms with Gasteiger partial charge in [-0.05, 0) is 31.2 Å². The number of H-pyrrole nitrogens is 1. The Kier molecular flexibility index (Phi) is 4.08. The lowest BCUT2D eigenvalue weighted by Crippen LogP contribution is -2.26. The SMILES string of the molecule is COc1ccc2c(C)c(C(=O)NCCc3nc4ccccc4[nH]3)oc2c1. The number of para-hydroxylation sites is 2. The van der Waals surface area contributed by atoms with Crippen molar-refractivity contribution in [3.05, 3.63) is 59.6 Å². The molecular weight excluding hydrogens is 330 g/mol. The number of nitrogens with zero attached hydrogens (tertiary/aromatic N) is 1. The van der Waals surface area contributed by atoms with Gasteiger partial charge in [-0.3, -0.25) is 4.79 Å². The summed E-state index contributed by atoms with van der Waals surface area (Å²) in [4.78, 5) is 20.2. The Morgan fingerprint density at radius 2 is 2.12 bits per heavy atom. The Bertz CT molecular complexity index is 1060. The van der Waals surface area contributed by atoms with Crippen molar-refractivity contribution in [2.75, 3.05) is 13.7 Å². The number of hydrogen-bond acceptors (Lipinski definition) is 4. The number of aryl methyl sites for hydroxylation is 1. The van der Waals surface area contributed by atoms with Gasteiger partial charge in [-0.25, -0.2) is 4.98 Å². The third-order valence-corrected chi connectivity index (χ3v) is 4.44. The summed E-state index contributed by atoms with van der Waals surface area (Å²) in [7, 11) is 1.60. The third kappa shape index (κ3) is 2.90. The van der Waals surface area contributed by atoms with E-state index >= 15 is 0 Å². The zero-order valence-electron chi connectivity index (χ0n) is 14.6. The molecule has 2 aromatic heterocycles. The van der Waals surface area contributed by atoms with Crippen LogP contribution in [0.1, 0.15) is 21.9 Å². The molecule has 4 aromatic rings. The fourth-order valence-corrected chi connectivity index (χ4v) is 3.05. The summed E-state index contributed by atoms with van der Waals surface area (Å²) in [6.45, 7) is 2.35. The number of hydrogen-bond donors (Lipinski definition) is 2. The summed E-state index contributed by atoms with van der Waals surface area (Å²) >= 11 is 0. The number of fused-ring (bicyclic) bond motifs is 2. The largest absolute Gasteiger partial charge is 0.497 e. The zero-order valence-corrected chi connectivity index (χ0v) is 14.6. The highest BCUT2D eigenvalue weighted by Gasteiger charge is 2.17. The molecule has 0 aliphatic carbocycles. The predicted octanol–water partition coefficient (Wildman–Crippen LogP) is 3.60. The number of furan rings is 1. The molecule has 0 atom stereocenters. The average molecular weight is 349 g/mol. The van der Waals surface area contributed by atoms with Crippen molar-refractivity contribution in [1.82, 2.24) is 15.3 Å². The lowest BCUT2D eigenvalue weighted by Gasteiger charge is -2.02. The minimum atomic E-state index is -0.228. The summed E-state index contributed by atoms with van der Waals surface area (Å²) in [6.07, 6.45) is 0.619. The Hall–Kier alpha value is -3.28. The molecule has 6 nitrogen and oxygen atoms in total. The highest BCUT2D eigenvalue weighted by atomic mass is 16.5. The van der Waals surface area contributed by atoms with Crippen LogP contribution in [0.3, 0.4) is 0 Å². The van der Waals surface area contributed by atoms with Gasteiger partial charge in [-0.2, -0.15) is 0 Å². The monoisotopic (exact) mass is 349 g/mol. The quantitative estimate of drug-likeness (QED) is 0.577. The molecule has 0 fully saturated rings. The first-order valence-electron chi connectivity index (χ1n) is 8.44. The van der Waals surface area contributed by atoms with Gasteiger partial charge in [-0.1, -0.05) is 12.1 Å². The van der Waals surface area contributed by atoms with Crippen molar-refractivity contribution < 1.29 is 13.9 Å². The number of aromatic nitrogens is 2. The number of aromatic amines is 1. The first-order chi connectivity index (χ1) is 12.7. The second kappa shape index (κ2) is 6.55. The molecule has 2 N–H and O–H groups in total. The number of amides is 1. The number of imidazole rings is 1. The van der Waals surface area contributed by atoms with Gasteiger partial charge in [0.15, 0.2) is 5.76 Å². The molecule has 0 unspecified atom stereocenters. The van der Waals surface area contributed by atoms with Crippen LogP contribution in [0.4, 0.5) is 0 Å². The Morgan fingerprint density at radius 3 is 2.92 bits per heavy atom. The van der Waals surface area contributed by atoms with Gasteiger partial charge in [-0.15, -0.1) is 0 Å². The molecule has 4 rings (SSSR count). The second-order valence-electron chi connectivity index (χ2n) is 6.12. The van der Waals surface area contributed by atoms with E-state index in [-0.39, 0.29) is 5.91 Å². The van der Waals surface area contributed by atoms with Gasteiger partial charge in [0.2, 0.25) is 0 Å². The molecule has 26 heavy (non-hydrogen) atoms. The van der Waals surface area contributed by atoms with E-state index in [9.17, 15) is 4.79 Å². The van der Waals surface area contributed by atoms with Crippen molar-refractivity contribution >= 4 is 27.9 Å². The topological polar surface area (TPSA) is 80.1 Å². The molecular formula is C20H19N3O3. The third-order valence-electron chi connectivity index (χ3n) is 4.44. The van der Waals surface area contributed by atoms with Gasteiger partial charge in [0.05, 0.1) is 18.1 Å². The molecule has 0 saturated carbocycles. The standard InChI is InChI=1S/C20H19N3O3/c1-12-14-8-7-13(25-2)11-17(14)26-19(12)20(24)21-10-9-18-22-15-5-3-4-6-16(15)23-18/h3-8,11H,9-10H2,1-2H3,(H,21,24)(H,22,23). The fourth-order valence-electron chi connectivity index (χ4n) is 3.05. The number of ether oxygens (including phenoxy) is 1. The maximum atomic E-state index is 12.5. The van der Waals surface area contributed by atoms with Gasteiger partial charge in [0.25, 0.3) is 5.91 Å². The van der Waals surface area contributed by atoms with Gasteiger partial charge >= 0.3 is 0 Å². The summed E-state index contributed by atoms with van der Waals surface area (Å²) in [5, 5.41) is 3.81. The van der Waals surface area contributed by atoms with Crippen molar-refractivity contribution in [2.45, 2.75) is 13.3 Å². The minimum Gasteiger partial charge on any atom is -0.497 e. The van der Waals surface area contributed by atoms with Crippen LogP contribution in [0.5, 0.6) is 5.75 Å². The number of carbonyl (C=O) groups is 1. The number of carbonyl (C=O) groups excluding carboxylic acids is 1. The van der Waals surface area contributed by atoms with E-state index in [1.54, 1.807) is 13.2 Å². The van der Waals surface area contributed by atoms with Crippen molar-refractivity contribution in [3.63, 3.8) is 0 Å². The van der Waals surface area contributed by atoms with E-state index < -0.39 is 0 Å². The Labute approximate surface area is 150 Å². The lowest BCUT2D eigenvalue weighted by molar-refractivity contribution is 0.0927. The predicted molar refractivity (Wildman–Crippen MR) is 99.6 cm³/mol. The van der Waals surface area contributed by atoms with Crippen LogP contribution in [0.15, 0.2) is 46.9 Å². The first-order valence-corrected chi connectivity index (χ1v) is 8.44. The van der Waals surface area contributed by atoms with Crippen molar-refractivity contribution in [1.29, 1.82) is 0 Å². The zero-order chi connectivity index (χ0) is 18.1. The van der Waals surface area contributed by atoms with E-state index in [4.69, 9.17) is 9.15 Å². The molecule has 1 amide bonds. The summed E-state index contributed by atoms with van der Waals surface area (Å²) in [5.41, 5.74) is 3.39. The van der Waals surface area contributed by atoms with E-state index in [1.807, 2.05) is 43.3 Å². The van der Waals surface area contributed by atoms with Crippen LogP contribution in [-0.4, -0.2) is 29.5 Å². The number of methoxy groups -OCH3 is 1. The van der Waals surface area contributed by atoms with E-state index in [0.717, 1.165) is 27.8 Å². The van der Waals surface area contributed by atoms with Gasteiger partial charge < -0.3 is 19.5 Å². The van der Waals surface area contributed by atoms with Crippen LogP contribution >= 0.6 is 0 Å². The van der Waals surface area contributed by atoms with Crippen LogP contribution < -0.4 is 10.1 Å².